The van der Waals surface area contributed by atoms with Crippen molar-refractivity contribution in [3.8, 4) is 11.3 Å². The van der Waals surface area contributed by atoms with Crippen molar-refractivity contribution in [1.82, 2.24) is 29.7 Å². The van der Waals surface area contributed by atoms with E-state index in [0.717, 1.165) is 30.9 Å². The van der Waals surface area contributed by atoms with Gasteiger partial charge in [0.2, 0.25) is 5.91 Å². The Bertz CT molecular complexity index is 1700. The molecule has 1 N–H and O–H groups in total. The van der Waals surface area contributed by atoms with Crippen LogP contribution >= 0.6 is 11.6 Å². The van der Waals surface area contributed by atoms with E-state index in [1.54, 1.807) is 28.9 Å². The van der Waals surface area contributed by atoms with Crippen molar-refractivity contribution in [3.05, 3.63) is 76.6 Å². The number of anilines is 2. The van der Waals surface area contributed by atoms with Gasteiger partial charge in [0.15, 0.2) is 11.6 Å². The Labute approximate surface area is 236 Å². The van der Waals surface area contributed by atoms with Crippen LogP contribution < -0.4 is 10.2 Å². The molecule has 4 heterocycles. The van der Waals surface area contributed by atoms with Crippen molar-refractivity contribution in [2.75, 3.05) is 16.8 Å². The van der Waals surface area contributed by atoms with E-state index < -0.39 is 29.3 Å². The standard InChI is InChI=1S/C27H22ClF3N8O2/c1-12-25(38-10-14-5-17(14)27(38)41)33-9-19(35-12)13(2)39-11-15(6-34-39)36-26(40)21-8-32-7-20(37-21)22-16(24(30)31)3-4-18(28)23(22)29/h3-4,6-9,11,13-14,17,24H,5,10H2,1-2H3,(H,36,40)/t13-,14-,17-/m1/s1. The first-order chi connectivity index (χ1) is 19.6. The Morgan fingerprint density at radius 1 is 1.17 bits per heavy atom. The average Bonchev–Trinajstić information content (AvgIpc) is 3.45. The lowest BCUT2D eigenvalue weighted by atomic mass is 10.0. The number of carbonyl (C=O) groups excluding carboxylic acids is 2. The van der Waals surface area contributed by atoms with Gasteiger partial charge in [0.05, 0.1) is 58.6 Å². The van der Waals surface area contributed by atoms with Gasteiger partial charge in [-0.25, -0.2) is 23.1 Å². The third kappa shape index (κ3) is 4.90. The van der Waals surface area contributed by atoms with Crippen LogP contribution in [-0.2, 0) is 4.79 Å². The summed E-state index contributed by atoms with van der Waals surface area (Å²) in [7, 11) is 0. The molecule has 1 aliphatic carbocycles. The van der Waals surface area contributed by atoms with Gasteiger partial charge < -0.3 is 5.32 Å². The minimum Gasteiger partial charge on any atom is -0.318 e. The Morgan fingerprint density at radius 2 is 1.98 bits per heavy atom. The van der Waals surface area contributed by atoms with Crippen molar-refractivity contribution in [2.45, 2.75) is 32.7 Å². The number of halogens is 4. The molecule has 2 aliphatic rings. The lowest BCUT2D eigenvalue weighted by molar-refractivity contribution is -0.118. The largest absolute Gasteiger partial charge is 0.318 e. The topological polar surface area (TPSA) is 119 Å². The van der Waals surface area contributed by atoms with Crippen LogP contribution in [0.2, 0.25) is 5.02 Å². The number of benzene rings is 1. The Morgan fingerprint density at radius 3 is 2.68 bits per heavy atom. The van der Waals surface area contributed by atoms with Crippen molar-refractivity contribution in [1.29, 1.82) is 0 Å². The van der Waals surface area contributed by atoms with Gasteiger partial charge in [-0.1, -0.05) is 17.7 Å². The number of nitrogens with zero attached hydrogens (tertiary/aromatic N) is 7. The first-order valence-corrected chi connectivity index (χ1v) is 13.1. The lowest BCUT2D eigenvalue weighted by Crippen LogP contribution is -2.30. The zero-order chi connectivity index (χ0) is 29.0. The number of amides is 2. The van der Waals surface area contributed by atoms with Gasteiger partial charge in [-0.15, -0.1) is 0 Å². The molecule has 3 atom stereocenters. The molecule has 14 heteroatoms. The average molecular weight is 583 g/mol. The number of alkyl halides is 2. The highest BCUT2D eigenvalue weighted by atomic mass is 35.5. The number of aryl methyl sites for hydroxylation is 1. The number of rotatable bonds is 7. The fourth-order valence-corrected chi connectivity index (χ4v) is 5.13. The van der Waals surface area contributed by atoms with E-state index in [2.05, 4.69) is 30.4 Å². The number of nitrogens with one attached hydrogen (secondary N) is 1. The van der Waals surface area contributed by atoms with E-state index in [1.807, 2.05) is 6.92 Å². The van der Waals surface area contributed by atoms with Gasteiger partial charge in [0.25, 0.3) is 12.3 Å². The summed E-state index contributed by atoms with van der Waals surface area (Å²) in [5.74, 6) is -0.588. The highest BCUT2D eigenvalue weighted by Crippen LogP contribution is 2.47. The smallest absolute Gasteiger partial charge is 0.275 e. The molecule has 0 bridgehead atoms. The first-order valence-electron chi connectivity index (χ1n) is 12.7. The van der Waals surface area contributed by atoms with Crippen molar-refractivity contribution in [2.24, 2.45) is 11.8 Å². The van der Waals surface area contributed by atoms with Crippen LogP contribution in [0.15, 0.2) is 43.1 Å². The van der Waals surface area contributed by atoms with E-state index in [-0.39, 0.29) is 34.3 Å². The van der Waals surface area contributed by atoms with E-state index in [1.165, 1.54) is 6.20 Å². The molecule has 0 unspecified atom stereocenters. The summed E-state index contributed by atoms with van der Waals surface area (Å²) in [5, 5.41) is 6.56. The minimum absolute atomic E-state index is 0.100. The van der Waals surface area contributed by atoms with Gasteiger partial charge >= 0.3 is 0 Å². The Kier molecular flexibility index (Phi) is 6.68. The number of piperidine rings is 1. The minimum atomic E-state index is -3.00. The summed E-state index contributed by atoms with van der Waals surface area (Å²) >= 11 is 5.80. The summed E-state index contributed by atoms with van der Waals surface area (Å²) < 4.78 is 43.3. The second kappa shape index (κ2) is 10.2. The van der Waals surface area contributed by atoms with Gasteiger partial charge in [-0.3, -0.25) is 29.1 Å². The molecular weight excluding hydrogens is 561 g/mol. The second-order valence-corrected chi connectivity index (χ2v) is 10.4. The van der Waals surface area contributed by atoms with Crippen LogP contribution in [0.1, 0.15) is 53.3 Å². The molecule has 6 rings (SSSR count). The van der Waals surface area contributed by atoms with Crippen molar-refractivity contribution >= 4 is 34.9 Å². The van der Waals surface area contributed by atoms with Gasteiger partial charge in [0.1, 0.15) is 5.69 Å². The monoisotopic (exact) mass is 582 g/mol. The van der Waals surface area contributed by atoms with Crippen LogP contribution in [0.3, 0.4) is 0 Å². The second-order valence-electron chi connectivity index (χ2n) is 10.0. The predicted octanol–water partition coefficient (Wildman–Crippen LogP) is 5.01. The molecule has 1 aliphatic heterocycles. The maximum atomic E-state index is 14.7. The Balaban J connectivity index is 1.18. The maximum Gasteiger partial charge on any atom is 0.275 e. The molecule has 0 radical (unpaired) electrons. The number of fused-ring (bicyclic) bond motifs is 1. The molecule has 0 spiro atoms. The molecule has 2 amide bonds. The van der Waals surface area contributed by atoms with Crippen LogP contribution in [0.5, 0.6) is 0 Å². The molecule has 10 nitrogen and oxygen atoms in total. The highest BCUT2D eigenvalue weighted by molar-refractivity contribution is 6.31. The zero-order valence-corrected chi connectivity index (χ0v) is 22.5. The third-order valence-corrected chi connectivity index (χ3v) is 7.58. The molecule has 1 saturated carbocycles. The predicted molar refractivity (Wildman–Crippen MR) is 142 cm³/mol. The quantitative estimate of drug-likeness (QED) is 0.325. The zero-order valence-electron chi connectivity index (χ0n) is 21.7. The van der Waals surface area contributed by atoms with Crippen LogP contribution in [0.4, 0.5) is 24.7 Å². The molecule has 210 valence electrons. The third-order valence-electron chi connectivity index (χ3n) is 7.29. The molecule has 1 aromatic carbocycles. The van der Waals surface area contributed by atoms with E-state index in [4.69, 9.17) is 11.6 Å². The number of aromatic nitrogens is 6. The highest BCUT2D eigenvalue weighted by Gasteiger charge is 2.53. The fraction of sp³-hybridized carbons (Fsp3) is 0.296. The van der Waals surface area contributed by atoms with Crippen LogP contribution in [0.25, 0.3) is 11.3 Å². The molecule has 2 fully saturated rings. The van der Waals surface area contributed by atoms with E-state index in [9.17, 15) is 22.8 Å². The number of carbonyl (C=O) groups is 2. The lowest BCUT2D eigenvalue weighted by Gasteiger charge is -2.20. The first kappa shape index (κ1) is 26.8. The molecule has 4 aromatic rings. The number of hydrogen-bond donors (Lipinski definition) is 1. The fourth-order valence-electron chi connectivity index (χ4n) is 4.98. The molecule has 3 aromatic heterocycles. The Hall–Kier alpha value is -4.39. The van der Waals surface area contributed by atoms with E-state index >= 15 is 0 Å². The summed E-state index contributed by atoms with van der Waals surface area (Å²) in [5.41, 5.74) is -0.0697. The van der Waals surface area contributed by atoms with Crippen molar-refractivity contribution < 1.29 is 22.8 Å². The van der Waals surface area contributed by atoms with Crippen LogP contribution in [0, 0.1) is 24.6 Å². The van der Waals surface area contributed by atoms with E-state index in [0.29, 0.717) is 35.4 Å². The normalized spacial score (nSPS) is 18.5. The summed E-state index contributed by atoms with van der Waals surface area (Å²) in [4.78, 5) is 44.1. The number of hydrogen-bond acceptors (Lipinski definition) is 7. The van der Waals surface area contributed by atoms with Gasteiger partial charge in [-0.05, 0) is 32.3 Å². The maximum absolute atomic E-state index is 14.7. The molecule has 41 heavy (non-hydrogen) atoms. The molecule has 1 saturated heterocycles. The van der Waals surface area contributed by atoms with Crippen molar-refractivity contribution in [3.63, 3.8) is 0 Å². The summed E-state index contributed by atoms with van der Waals surface area (Å²) in [6, 6.07) is 1.68. The van der Waals surface area contributed by atoms with Gasteiger partial charge in [-0.2, -0.15) is 5.10 Å². The molecular formula is C27H22ClF3N8O2. The SMILES string of the molecule is Cc1nc([C@@H](C)n2cc(NC(=O)c3cncc(-c4c(C(F)F)ccc(Cl)c4F)n3)cn2)cnc1N1C[C@H]2C[C@H]2C1=O. The van der Waals surface area contributed by atoms with Gasteiger partial charge in [0, 0.05) is 29.8 Å². The van der Waals surface area contributed by atoms with Crippen LogP contribution in [-0.4, -0.2) is 48.1 Å². The summed E-state index contributed by atoms with van der Waals surface area (Å²) in [6.45, 7) is 4.33. The summed E-state index contributed by atoms with van der Waals surface area (Å²) in [6.07, 6.45) is 4.76.